The zero-order valence-corrected chi connectivity index (χ0v) is 12.2. The maximum absolute atomic E-state index is 11.9. The van der Waals surface area contributed by atoms with Crippen LogP contribution in [0.25, 0.3) is 0 Å². The molecule has 0 saturated carbocycles. The van der Waals surface area contributed by atoms with Crippen LogP contribution in [0.3, 0.4) is 0 Å². The molecule has 0 aliphatic carbocycles. The van der Waals surface area contributed by atoms with Gasteiger partial charge in [0.15, 0.2) is 0 Å². The van der Waals surface area contributed by atoms with Crippen LogP contribution in [0, 0.1) is 0 Å². The molecule has 0 bridgehead atoms. The zero-order chi connectivity index (χ0) is 15.3. The van der Waals surface area contributed by atoms with Crippen LogP contribution in [0.2, 0.25) is 0 Å². The highest BCUT2D eigenvalue weighted by Crippen LogP contribution is 2.20. The predicted molar refractivity (Wildman–Crippen MR) is 81.1 cm³/mol. The maximum atomic E-state index is 11.9. The number of aryl methyl sites for hydroxylation is 1. The van der Waals surface area contributed by atoms with Gasteiger partial charge in [-0.25, -0.2) is 4.79 Å². The number of hydrogen-bond acceptors (Lipinski definition) is 3. The first kappa shape index (κ1) is 15.1. The summed E-state index contributed by atoms with van der Waals surface area (Å²) in [6.07, 6.45) is 2.32. The minimum atomic E-state index is -1.24. The summed E-state index contributed by atoms with van der Waals surface area (Å²) in [6, 6.07) is 10.6. The van der Waals surface area contributed by atoms with Gasteiger partial charge in [0.05, 0.1) is 12.8 Å². The molecule has 0 radical (unpaired) electrons. The molecule has 0 fully saturated rings. The second kappa shape index (κ2) is 6.45. The minimum absolute atomic E-state index is 0.0562. The topological polar surface area (TPSA) is 74.5 Å². The van der Waals surface area contributed by atoms with Gasteiger partial charge in [-0.05, 0) is 37.1 Å². The van der Waals surface area contributed by atoms with Crippen LogP contribution >= 0.6 is 0 Å². The van der Waals surface area contributed by atoms with Gasteiger partial charge >= 0.3 is 6.03 Å². The Labute approximate surface area is 124 Å². The Morgan fingerprint density at radius 3 is 2.71 bits per heavy atom. The molecule has 3 N–H and O–H groups in total. The van der Waals surface area contributed by atoms with E-state index in [1.54, 1.807) is 19.1 Å². The quantitative estimate of drug-likeness (QED) is 0.792. The minimum Gasteiger partial charge on any atom is -0.466 e. The van der Waals surface area contributed by atoms with Crippen molar-refractivity contribution in [3.63, 3.8) is 0 Å². The summed E-state index contributed by atoms with van der Waals surface area (Å²) >= 11 is 0. The van der Waals surface area contributed by atoms with Crippen LogP contribution in [-0.4, -0.2) is 17.7 Å². The number of nitrogens with one attached hydrogen (secondary N) is 2. The van der Waals surface area contributed by atoms with Gasteiger partial charge in [-0.15, -0.1) is 0 Å². The largest absolute Gasteiger partial charge is 0.466 e. The Morgan fingerprint density at radius 2 is 2.05 bits per heavy atom. The number of benzene rings is 1. The third-order valence-electron chi connectivity index (χ3n) is 3.29. The number of carbonyl (C=O) groups excluding carboxylic acids is 1. The monoisotopic (exact) mass is 288 g/mol. The molecule has 1 heterocycles. The Hall–Kier alpha value is -2.27. The second-order valence-corrected chi connectivity index (χ2v) is 5.07. The summed E-state index contributed by atoms with van der Waals surface area (Å²) < 4.78 is 5.16. The summed E-state index contributed by atoms with van der Waals surface area (Å²) in [6.45, 7) is 3.67. The summed E-state index contributed by atoms with van der Waals surface area (Å²) in [4.78, 5) is 11.9. The van der Waals surface area contributed by atoms with E-state index in [2.05, 4.69) is 10.6 Å². The molecule has 2 rings (SSSR count). The average Bonchev–Trinajstić information content (AvgIpc) is 3.01. The molecule has 5 heteroatoms. The molecule has 2 aromatic rings. The van der Waals surface area contributed by atoms with Gasteiger partial charge in [0.2, 0.25) is 0 Å². The van der Waals surface area contributed by atoms with E-state index in [1.807, 2.05) is 31.2 Å². The molecule has 1 aromatic carbocycles. The molecule has 21 heavy (non-hydrogen) atoms. The molecule has 0 aliphatic heterocycles. The molecule has 0 spiro atoms. The highest BCUT2D eigenvalue weighted by Gasteiger charge is 2.26. The highest BCUT2D eigenvalue weighted by atomic mass is 16.4. The van der Waals surface area contributed by atoms with E-state index < -0.39 is 5.60 Å². The molecule has 0 aliphatic rings. The molecule has 1 atom stereocenters. The highest BCUT2D eigenvalue weighted by molar-refractivity contribution is 5.90. The van der Waals surface area contributed by atoms with E-state index >= 15 is 0 Å². The van der Waals surface area contributed by atoms with Crippen molar-refractivity contribution in [1.29, 1.82) is 0 Å². The normalized spacial score (nSPS) is 13.5. The van der Waals surface area contributed by atoms with E-state index in [0.29, 0.717) is 5.76 Å². The first-order valence-corrected chi connectivity index (χ1v) is 6.92. The molecule has 112 valence electrons. The molecule has 2 amide bonds. The van der Waals surface area contributed by atoms with E-state index in [1.165, 1.54) is 6.26 Å². The van der Waals surface area contributed by atoms with Crippen LogP contribution in [0.15, 0.2) is 47.1 Å². The average molecular weight is 288 g/mol. The van der Waals surface area contributed by atoms with Crippen molar-refractivity contribution in [1.82, 2.24) is 5.32 Å². The molecular formula is C16H20N2O3. The van der Waals surface area contributed by atoms with Crippen LogP contribution < -0.4 is 10.6 Å². The number of amides is 2. The number of carbonyl (C=O) groups is 1. The summed E-state index contributed by atoms with van der Waals surface area (Å²) in [5.74, 6) is 0.414. The van der Waals surface area contributed by atoms with Crippen LogP contribution in [0.1, 0.15) is 25.2 Å². The molecule has 5 nitrogen and oxygen atoms in total. The number of para-hydroxylation sites is 1. The fourth-order valence-corrected chi connectivity index (χ4v) is 2.04. The lowest BCUT2D eigenvalue weighted by atomic mass is 10.0. The zero-order valence-electron chi connectivity index (χ0n) is 12.2. The summed E-state index contributed by atoms with van der Waals surface area (Å²) in [7, 11) is 0. The Kier molecular flexibility index (Phi) is 4.65. The Balaban J connectivity index is 1.93. The van der Waals surface area contributed by atoms with Gasteiger partial charge < -0.3 is 20.2 Å². The van der Waals surface area contributed by atoms with Gasteiger partial charge in [0.25, 0.3) is 0 Å². The van der Waals surface area contributed by atoms with Crippen molar-refractivity contribution >= 4 is 11.7 Å². The standard InChI is InChI=1S/C16H20N2O3/c1-3-12-7-4-5-8-13(12)18-15(19)17-11-16(2,20)14-9-6-10-21-14/h4-10,20H,3,11H2,1-2H3,(H2,17,18,19). The third kappa shape index (κ3) is 3.86. The van der Waals surface area contributed by atoms with E-state index in [4.69, 9.17) is 4.42 Å². The van der Waals surface area contributed by atoms with E-state index in [9.17, 15) is 9.90 Å². The lowest BCUT2D eigenvalue weighted by Crippen LogP contribution is -2.40. The number of urea groups is 1. The summed E-state index contributed by atoms with van der Waals surface area (Å²) in [5, 5.41) is 15.7. The van der Waals surface area contributed by atoms with Crippen LogP contribution in [0.4, 0.5) is 10.5 Å². The van der Waals surface area contributed by atoms with Crippen molar-refractivity contribution in [2.45, 2.75) is 25.9 Å². The number of anilines is 1. The lowest BCUT2D eigenvalue weighted by molar-refractivity contribution is 0.0372. The number of rotatable bonds is 5. The van der Waals surface area contributed by atoms with Gasteiger partial charge in [0.1, 0.15) is 11.4 Å². The molecule has 0 saturated heterocycles. The number of aliphatic hydroxyl groups is 1. The summed E-state index contributed by atoms with van der Waals surface area (Å²) in [5.41, 5.74) is 0.589. The fraction of sp³-hybridized carbons (Fsp3) is 0.312. The van der Waals surface area contributed by atoms with Crippen LogP contribution in [0.5, 0.6) is 0 Å². The maximum Gasteiger partial charge on any atom is 0.319 e. The Bertz CT molecular complexity index is 591. The van der Waals surface area contributed by atoms with Crippen molar-refractivity contribution in [3.05, 3.63) is 54.0 Å². The lowest BCUT2D eigenvalue weighted by Gasteiger charge is -2.21. The Morgan fingerprint density at radius 1 is 1.29 bits per heavy atom. The van der Waals surface area contributed by atoms with Crippen molar-refractivity contribution in [3.8, 4) is 0 Å². The van der Waals surface area contributed by atoms with Gasteiger partial charge in [-0.3, -0.25) is 0 Å². The van der Waals surface area contributed by atoms with Crippen molar-refractivity contribution in [2.24, 2.45) is 0 Å². The second-order valence-electron chi connectivity index (χ2n) is 5.07. The molecular weight excluding hydrogens is 268 g/mol. The van der Waals surface area contributed by atoms with Crippen LogP contribution in [-0.2, 0) is 12.0 Å². The van der Waals surface area contributed by atoms with E-state index in [0.717, 1.165) is 17.7 Å². The first-order valence-electron chi connectivity index (χ1n) is 6.92. The number of furan rings is 1. The van der Waals surface area contributed by atoms with Crippen molar-refractivity contribution in [2.75, 3.05) is 11.9 Å². The SMILES string of the molecule is CCc1ccccc1NC(=O)NCC(C)(O)c1ccco1. The van der Waals surface area contributed by atoms with Gasteiger partial charge in [-0.1, -0.05) is 25.1 Å². The predicted octanol–water partition coefficient (Wildman–Crippen LogP) is 2.87. The van der Waals surface area contributed by atoms with Gasteiger partial charge in [0, 0.05) is 5.69 Å². The molecule has 1 aromatic heterocycles. The third-order valence-corrected chi connectivity index (χ3v) is 3.29. The number of hydrogen-bond donors (Lipinski definition) is 3. The van der Waals surface area contributed by atoms with Crippen molar-refractivity contribution < 1.29 is 14.3 Å². The molecule has 1 unspecified atom stereocenters. The fourth-order valence-electron chi connectivity index (χ4n) is 2.04. The van der Waals surface area contributed by atoms with E-state index in [-0.39, 0.29) is 12.6 Å². The smallest absolute Gasteiger partial charge is 0.319 e. The first-order chi connectivity index (χ1) is 10.0. The van der Waals surface area contributed by atoms with Gasteiger partial charge in [-0.2, -0.15) is 0 Å².